The van der Waals surface area contributed by atoms with Gasteiger partial charge in [0.2, 0.25) is 0 Å². The number of carbonyl (C=O) groups excluding carboxylic acids is 1. The molecule has 0 spiro atoms. The van der Waals surface area contributed by atoms with Crippen molar-refractivity contribution in [3.63, 3.8) is 0 Å². The van der Waals surface area contributed by atoms with E-state index in [1.165, 1.54) is 30.4 Å². The molecule has 4 aromatic rings. The van der Waals surface area contributed by atoms with E-state index in [1.807, 2.05) is 43.3 Å². The number of hydrogen-bond acceptors (Lipinski definition) is 8. The van der Waals surface area contributed by atoms with Gasteiger partial charge in [-0.3, -0.25) is 24.3 Å². The number of carbonyl (C=O) groups is 1. The molecule has 0 fully saturated rings. The van der Waals surface area contributed by atoms with Crippen molar-refractivity contribution < 1.29 is 14.1 Å². The maximum atomic E-state index is 13.7. The van der Waals surface area contributed by atoms with Crippen molar-refractivity contribution in [2.75, 3.05) is 19.0 Å². The number of aromatic nitrogens is 1. The second-order valence-corrected chi connectivity index (χ2v) is 10.7. The molecule has 0 amide bonds. The van der Waals surface area contributed by atoms with Crippen LogP contribution in [0.3, 0.4) is 0 Å². The van der Waals surface area contributed by atoms with Crippen molar-refractivity contribution in [3.8, 4) is 11.3 Å². The van der Waals surface area contributed by atoms with E-state index in [1.54, 1.807) is 35.8 Å². The molecule has 39 heavy (non-hydrogen) atoms. The number of nitrogens with zero attached hydrogens (tertiary/aromatic N) is 4. The summed E-state index contributed by atoms with van der Waals surface area (Å²) in [5, 5.41) is 11.3. The fourth-order valence-corrected chi connectivity index (χ4v) is 5.77. The lowest BCUT2D eigenvalue weighted by molar-refractivity contribution is -0.384. The van der Waals surface area contributed by atoms with Crippen molar-refractivity contribution >= 4 is 46.2 Å². The Labute approximate surface area is 231 Å². The quantitative estimate of drug-likeness (QED) is 0.248. The van der Waals surface area contributed by atoms with E-state index in [4.69, 9.17) is 16.0 Å². The van der Waals surface area contributed by atoms with Crippen LogP contribution in [0.2, 0.25) is 5.02 Å². The third-order valence-corrected chi connectivity index (χ3v) is 7.76. The Morgan fingerprint density at radius 3 is 2.54 bits per heavy atom. The van der Waals surface area contributed by atoms with E-state index < -0.39 is 11.0 Å². The molecule has 0 N–H and O–H groups in total. The maximum Gasteiger partial charge on any atom is 0.288 e. The summed E-state index contributed by atoms with van der Waals surface area (Å²) >= 11 is 7.13. The fourth-order valence-electron chi connectivity index (χ4n) is 4.56. The molecule has 0 aliphatic carbocycles. The summed E-state index contributed by atoms with van der Waals surface area (Å²) in [5.41, 5.74) is 2.79. The van der Waals surface area contributed by atoms with E-state index in [-0.39, 0.29) is 22.1 Å². The second kappa shape index (κ2) is 10.1. The lowest BCUT2D eigenvalue weighted by atomic mass is 9.93. The first-order valence-corrected chi connectivity index (χ1v) is 13.1. The first kappa shape index (κ1) is 26.3. The number of ketones is 1. The van der Waals surface area contributed by atoms with Crippen LogP contribution >= 0.6 is 22.9 Å². The highest BCUT2D eigenvalue weighted by Gasteiger charge is 2.30. The predicted octanol–water partition coefficient (Wildman–Crippen LogP) is 4.71. The predicted molar refractivity (Wildman–Crippen MR) is 151 cm³/mol. The summed E-state index contributed by atoms with van der Waals surface area (Å²) in [5.74, 6) is 0.629. The Balaban J connectivity index is 1.60. The standard InChI is InChI=1S/C28H23ClN4O5S/c1-15-25(16(2)34)26(17-5-8-19(9-6-17)31(3)4)32-27(35)24(39-28(32)30-15)14-20-10-12-23(38-20)18-7-11-21(29)22(13-18)33(36)37/h5-14,26H,1-4H3. The van der Waals surface area contributed by atoms with Gasteiger partial charge in [0, 0.05) is 48.8 Å². The van der Waals surface area contributed by atoms with Crippen LogP contribution in [-0.2, 0) is 4.79 Å². The number of nitro benzene ring substituents is 1. The molecule has 5 rings (SSSR count). The van der Waals surface area contributed by atoms with Gasteiger partial charge in [0.05, 0.1) is 15.5 Å². The van der Waals surface area contributed by atoms with E-state index in [9.17, 15) is 19.7 Å². The fraction of sp³-hybridized carbons (Fsp3) is 0.179. The molecular weight excluding hydrogens is 540 g/mol. The zero-order valence-electron chi connectivity index (χ0n) is 21.5. The third-order valence-electron chi connectivity index (χ3n) is 6.45. The molecule has 3 heterocycles. The SMILES string of the molecule is CC(=O)C1=C(C)N=c2sc(=Cc3ccc(-c4ccc(Cl)c([N+](=O)[O-])c4)o3)c(=O)n2C1c1ccc(N(C)C)cc1. The van der Waals surface area contributed by atoms with Crippen LogP contribution in [0.5, 0.6) is 0 Å². The Hall–Kier alpha value is -4.28. The zero-order chi connectivity index (χ0) is 28.0. The van der Waals surface area contributed by atoms with Gasteiger partial charge in [-0.25, -0.2) is 4.99 Å². The summed E-state index contributed by atoms with van der Waals surface area (Å²) < 4.78 is 7.83. The molecule has 1 atom stereocenters. The van der Waals surface area contributed by atoms with Crippen molar-refractivity contribution in [1.82, 2.24) is 4.57 Å². The lowest BCUT2D eigenvalue weighted by Crippen LogP contribution is -2.39. The van der Waals surface area contributed by atoms with Gasteiger partial charge in [-0.15, -0.1) is 0 Å². The number of Topliss-reactive ketones (excluding diaryl/α,β-unsaturated/α-hetero) is 1. The van der Waals surface area contributed by atoms with Gasteiger partial charge in [0.25, 0.3) is 11.2 Å². The minimum absolute atomic E-state index is 0.0303. The highest BCUT2D eigenvalue weighted by molar-refractivity contribution is 7.07. The number of benzene rings is 2. The van der Waals surface area contributed by atoms with Crippen LogP contribution in [-0.4, -0.2) is 29.4 Å². The maximum absolute atomic E-state index is 13.7. The second-order valence-electron chi connectivity index (χ2n) is 9.25. The Bertz CT molecular complexity index is 1850. The van der Waals surface area contributed by atoms with E-state index >= 15 is 0 Å². The molecule has 1 aliphatic heterocycles. The van der Waals surface area contributed by atoms with Crippen LogP contribution in [0.15, 0.2) is 80.1 Å². The Morgan fingerprint density at radius 2 is 1.90 bits per heavy atom. The van der Waals surface area contributed by atoms with Gasteiger partial charge in [-0.2, -0.15) is 0 Å². The van der Waals surface area contributed by atoms with E-state index in [2.05, 4.69) is 4.99 Å². The average molecular weight is 563 g/mol. The number of furan rings is 1. The van der Waals surface area contributed by atoms with Crippen LogP contribution in [0.1, 0.15) is 31.2 Å². The highest BCUT2D eigenvalue weighted by atomic mass is 35.5. The van der Waals surface area contributed by atoms with Crippen LogP contribution < -0.4 is 19.8 Å². The highest BCUT2D eigenvalue weighted by Crippen LogP contribution is 2.32. The number of fused-ring (bicyclic) bond motifs is 1. The summed E-state index contributed by atoms with van der Waals surface area (Å²) in [4.78, 5) is 44.1. The number of allylic oxidation sites excluding steroid dienone is 2. The van der Waals surface area contributed by atoms with Gasteiger partial charge in [-0.05, 0) is 55.8 Å². The number of nitro groups is 1. The molecule has 2 aromatic carbocycles. The summed E-state index contributed by atoms with van der Waals surface area (Å²) in [6.45, 7) is 3.26. The van der Waals surface area contributed by atoms with Gasteiger partial charge >= 0.3 is 0 Å². The number of rotatable bonds is 6. The molecule has 1 unspecified atom stereocenters. The summed E-state index contributed by atoms with van der Waals surface area (Å²) in [7, 11) is 3.88. The van der Waals surface area contributed by atoms with Crippen LogP contribution in [0.25, 0.3) is 17.4 Å². The number of hydrogen-bond donors (Lipinski definition) is 0. The van der Waals surface area contributed by atoms with Crippen LogP contribution in [0, 0.1) is 10.1 Å². The van der Waals surface area contributed by atoms with Crippen LogP contribution in [0.4, 0.5) is 11.4 Å². The van der Waals surface area contributed by atoms with Gasteiger partial charge < -0.3 is 9.32 Å². The topological polar surface area (TPSA) is 111 Å². The minimum atomic E-state index is -0.612. The molecule has 0 bridgehead atoms. The van der Waals surface area contributed by atoms with Gasteiger partial charge in [0.15, 0.2) is 10.6 Å². The van der Waals surface area contributed by atoms with E-state index in [0.29, 0.717) is 37.7 Å². The van der Waals surface area contributed by atoms with Crippen molar-refractivity contribution in [1.29, 1.82) is 0 Å². The normalized spacial score (nSPS) is 15.2. The molecule has 0 saturated heterocycles. The molecule has 1 aliphatic rings. The molecule has 0 saturated carbocycles. The largest absolute Gasteiger partial charge is 0.457 e. The summed E-state index contributed by atoms with van der Waals surface area (Å²) in [6, 6.07) is 14.9. The van der Waals surface area contributed by atoms with Gasteiger partial charge in [0.1, 0.15) is 16.5 Å². The zero-order valence-corrected chi connectivity index (χ0v) is 23.0. The third kappa shape index (κ3) is 4.84. The smallest absolute Gasteiger partial charge is 0.288 e. The molecule has 2 aromatic heterocycles. The van der Waals surface area contributed by atoms with Crippen molar-refractivity contribution in [2.45, 2.75) is 19.9 Å². The Kier molecular flexibility index (Phi) is 6.83. The van der Waals surface area contributed by atoms with E-state index in [0.717, 1.165) is 11.3 Å². The lowest BCUT2D eigenvalue weighted by Gasteiger charge is -2.25. The first-order valence-electron chi connectivity index (χ1n) is 11.9. The van der Waals surface area contributed by atoms with Gasteiger partial charge in [-0.1, -0.05) is 35.1 Å². The average Bonchev–Trinajstić information content (AvgIpc) is 3.47. The minimum Gasteiger partial charge on any atom is -0.457 e. The van der Waals surface area contributed by atoms with Crippen molar-refractivity contribution in [2.24, 2.45) is 4.99 Å². The molecule has 198 valence electrons. The molecule has 11 heteroatoms. The monoisotopic (exact) mass is 562 g/mol. The van der Waals surface area contributed by atoms with Crippen molar-refractivity contribution in [3.05, 3.63) is 112 Å². The Morgan fingerprint density at radius 1 is 1.18 bits per heavy atom. The first-order chi connectivity index (χ1) is 18.5. The number of thiazole rings is 1. The summed E-state index contributed by atoms with van der Waals surface area (Å²) in [6.07, 6.45) is 1.61. The molecule has 9 nitrogen and oxygen atoms in total. The number of anilines is 1. The molecular formula is C28H23ClN4O5S. The number of halogens is 1. The molecule has 0 radical (unpaired) electrons.